The number of para-hydroxylation sites is 1. The van der Waals surface area contributed by atoms with Gasteiger partial charge < -0.3 is 39.5 Å². The Kier molecular flexibility index (Phi) is 10.7. The highest BCUT2D eigenvalue weighted by atomic mass is 19.4. The summed E-state index contributed by atoms with van der Waals surface area (Å²) in [6.45, 7) is 6.35. The van der Waals surface area contributed by atoms with Gasteiger partial charge in [0, 0.05) is 44.9 Å². The van der Waals surface area contributed by atoms with E-state index in [2.05, 4.69) is 10.1 Å². The third-order valence-corrected chi connectivity index (χ3v) is 7.36. The smallest absolute Gasteiger partial charge is 0.483 e. The number of ether oxygens (including phenoxy) is 4. The molecule has 1 saturated heterocycles. The number of nitrogens with two attached hydrogens (primary N) is 1. The standard InChI is InChI=1S/C32H39F3N4O7/c1-31(2,3)46-30(42)37-17-20-8-9-25(44-19-27(36)40)23(16-20)21-10-12-38(13-11-21)29(41)24-18-39(14-15-43-4)28-22(24)6-5-7-26(28)45-32(33,34)35/h5-9,16,18,21H,10-15,17,19H2,1-4H3,(H2,36,40)(H,37,42). The third-order valence-electron chi connectivity index (χ3n) is 7.36. The monoisotopic (exact) mass is 648 g/mol. The molecule has 4 rings (SSSR count). The summed E-state index contributed by atoms with van der Waals surface area (Å²) in [4.78, 5) is 39.1. The number of alkyl carbamates (subject to hydrolysis) is 1. The fourth-order valence-corrected chi connectivity index (χ4v) is 5.43. The number of benzene rings is 2. The Bertz CT molecular complexity index is 1560. The molecule has 46 heavy (non-hydrogen) atoms. The Morgan fingerprint density at radius 3 is 2.39 bits per heavy atom. The first-order valence-corrected chi connectivity index (χ1v) is 14.8. The molecule has 0 spiro atoms. The van der Waals surface area contributed by atoms with Gasteiger partial charge >= 0.3 is 12.5 Å². The molecule has 0 aliphatic carbocycles. The van der Waals surface area contributed by atoms with Crippen molar-refractivity contribution in [2.45, 2.75) is 64.6 Å². The van der Waals surface area contributed by atoms with Crippen molar-refractivity contribution in [1.82, 2.24) is 14.8 Å². The van der Waals surface area contributed by atoms with Gasteiger partial charge in [-0.3, -0.25) is 9.59 Å². The van der Waals surface area contributed by atoms with Crippen molar-refractivity contribution in [3.05, 3.63) is 59.3 Å². The topological polar surface area (TPSA) is 134 Å². The first-order valence-electron chi connectivity index (χ1n) is 14.8. The molecular formula is C32H39F3N4O7. The van der Waals surface area contributed by atoms with E-state index in [0.29, 0.717) is 37.1 Å². The molecule has 0 unspecified atom stereocenters. The fourth-order valence-electron chi connectivity index (χ4n) is 5.43. The number of aromatic nitrogens is 1. The molecule has 0 saturated carbocycles. The van der Waals surface area contributed by atoms with Gasteiger partial charge in [-0.1, -0.05) is 24.3 Å². The van der Waals surface area contributed by atoms with E-state index in [9.17, 15) is 27.6 Å². The number of carbonyl (C=O) groups is 3. The quantitative estimate of drug-likeness (QED) is 0.296. The number of nitrogens with one attached hydrogen (secondary N) is 1. The molecule has 0 bridgehead atoms. The maximum Gasteiger partial charge on any atom is 0.573 e. The first kappa shape index (κ1) is 34.4. The normalized spacial score (nSPS) is 14.3. The number of nitrogens with zero attached hydrogens (tertiary/aromatic N) is 2. The van der Waals surface area contributed by atoms with Crippen molar-refractivity contribution in [3.63, 3.8) is 0 Å². The number of primary amides is 1. The average molecular weight is 649 g/mol. The number of hydrogen-bond donors (Lipinski definition) is 2. The summed E-state index contributed by atoms with van der Waals surface area (Å²) in [6, 6.07) is 9.62. The van der Waals surface area contributed by atoms with Crippen LogP contribution in [0.1, 0.15) is 61.0 Å². The van der Waals surface area contributed by atoms with Gasteiger partial charge in [0.05, 0.1) is 17.7 Å². The number of piperidine rings is 1. The van der Waals surface area contributed by atoms with Crippen LogP contribution in [0.3, 0.4) is 0 Å². The SMILES string of the molecule is COCCn1cc(C(=O)N2CCC(c3cc(CNC(=O)OC(C)(C)C)ccc3OCC(N)=O)CC2)c2cccc(OC(F)(F)F)c21. The van der Waals surface area contributed by atoms with Gasteiger partial charge in [0.1, 0.15) is 11.4 Å². The number of likely N-dealkylation sites (tertiary alicyclic amines) is 1. The molecule has 250 valence electrons. The lowest BCUT2D eigenvalue weighted by Gasteiger charge is -2.33. The van der Waals surface area contributed by atoms with E-state index in [0.717, 1.165) is 11.1 Å². The number of alkyl halides is 3. The Morgan fingerprint density at radius 1 is 1.04 bits per heavy atom. The summed E-state index contributed by atoms with van der Waals surface area (Å²) in [5.74, 6) is -0.922. The molecule has 2 heterocycles. The molecule has 2 aromatic carbocycles. The van der Waals surface area contributed by atoms with Gasteiger partial charge in [-0.05, 0) is 62.8 Å². The van der Waals surface area contributed by atoms with Gasteiger partial charge in [-0.25, -0.2) is 4.79 Å². The van der Waals surface area contributed by atoms with Gasteiger partial charge in [0.25, 0.3) is 11.8 Å². The lowest BCUT2D eigenvalue weighted by molar-refractivity contribution is -0.274. The molecule has 3 N–H and O–H groups in total. The zero-order valence-electron chi connectivity index (χ0n) is 26.2. The maximum absolute atomic E-state index is 13.8. The fraction of sp³-hybridized carbons (Fsp3) is 0.469. The van der Waals surface area contributed by atoms with Gasteiger partial charge in [-0.2, -0.15) is 0 Å². The molecule has 0 radical (unpaired) electrons. The van der Waals surface area contributed by atoms with Crippen LogP contribution >= 0.6 is 0 Å². The van der Waals surface area contributed by atoms with E-state index in [1.807, 2.05) is 6.07 Å². The predicted octanol–water partition coefficient (Wildman–Crippen LogP) is 5.09. The molecule has 3 amide bonds. The zero-order valence-corrected chi connectivity index (χ0v) is 26.2. The highest BCUT2D eigenvalue weighted by Crippen LogP contribution is 2.37. The lowest BCUT2D eigenvalue weighted by atomic mass is 9.87. The number of hydrogen-bond acceptors (Lipinski definition) is 7. The molecule has 0 atom stereocenters. The number of carbonyl (C=O) groups excluding carboxylic acids is 3. The van der Waals surface area contributed by atoms with Crippen molar-refractivity contribution in [2.75, 3.05) is 33.4 Å². The molecule has 14 heteroatoms. The lowest BCUT2D eigenvalue weighted by Crippen LogP contribution is -2.38. The Labute approximate surface area is 264 Å². The molecule has 11 nitrogen and oxygen atoms in total. The van der Waals surface area contributed by atoms with Crippen LogP contribution in [0.2, 0.25) is 0 Å². The molecule has 1 aliphatic rings. The molecule has 3 aromatic rings. The number of fused-ring (bicyclic) bond motifs is 1. The largest absolute Gasteiger partial charge is 0.573 e. The van der Waals surface area contributed by atoms with E-state index >= 15 is 0 Å². The summed E-state index contributed by atoms with van der Waals surface area (Å²) in [7, 11) is 1.48. The third kappa shape index (κ3) is 9.05. The number of rotatable bonds is 11. The summed E-state index contributed by atoms with van der Waals surface area (Å²) in [5, 5.41) is 3.08. The second-order valence-electron chi connectivity index (χ2n) is 12.0. The highest BCUT2D eigenvalue weighted by Gasteiger charge is 2.34. The first-order chi connectivity index (χ1) is 21.6. The van der Waals surface area contributed by atoms with Crippen LogP contribution in [-0.2, 0) is 27.4 Å². The van der Waals surface area contributed by atoms with Crippen LogP contribution in [0.5, 0.6) is 11.5 Å². The van der Waals surface area contributed by atoms with Crippen LogP contribution in [0.4, 0.5) is 18.0 Å². The van der Waals surface area contributed by atoms with Crippen LogP contribution in [-0.4, -0.2) is 72.8 Å². The van der Waals surface area contributed by atoms with Crippen LogP contribution < -0.4 is 20.5 Å². The second kappa shape index (κ2) is 14.3. The summed E-state index contributed by atoms with van der Waals surface area (Å²) >= 11 is 0. The number of halogens is 3. The van der Waals surface area contributed by atoms with E-state index < -0.39 is 29.7 Å². The predicted molar refractivity (Wildman–Crippen MR) is 163 cm³/mol. The average Bonchev–Trinajstić information content (AvgIpc) is 3.35. The summed E-state index contributed by atoms with van der Waals surface area (Å²) < 4.78 is 61.5. The summed E-state index contributed by atoms with van der Waals surface area (Å²) in [5.41, 5.74) is 6.66. The van der Waals surface area contributed by atoms with E-state index in [4.69, 9.17) is 19.9 Å². The molecule has 1 aromatic heterocycles. The van der Waals surface area contributed by atoms with E-state index in [1.165, 1.54) is 25.4 Å². The Balaban J connectivity index is 1.54. The molecule has 1 aliphatic heterocycles. The van der Waals surface area contributed by atoms with E-state index in [-0.39, 0.29) is 49.2 Å². The van der Waals surface area contributed by atoms with Crippen molar-refractivity contribution in [1.29, 1.82) is 0 Å². The van der Waals surface area contributed by atoms with Crippen LogP contribution in [0, 0.1) is 0 Å². The Morgan fingerprint density at radius 2 is 1.76 bits per heavy atom. The maximum atomic E-state index is 13.8. The molecular weight excluding hydrogens is 609 g/mol. The van der Waals surface area contributed by atoms with Gasteiger partial charge in [0.2, 0.25) is 0 Å². The van der Waals surface area contributed by atoms with Crippen molar-refractivity contribution in [3.8, 4) is 11.5 Å². The van der Waals surface area contributed by atoms with Crippen molar-refractivity contribution in [2.24, 2.45) is 5.73 Å². The molecule has 1 fully saturated rings. The summed E-state index contributed by atoms with van der Waals surface area (Å²) in [6.07, 6.45) is -2.83. The minimum absolute atomic E-state index is 0.0526. The van der Waals surface area contributed by atoms with Crippen LogP contribution in [0.25, 0.3) is 10.9 Å². The highest BCUT2D eigenvalue weighted by molar-refractivity contribution is 6.08. The van der Waals surface area contributed by atoms with Crippen molar-refractivity contribution >= 4 is 28.8 Å². The number of amides is 3. The van der Waals surface area contributed by atoms with Gasteiger partial charge in [0.15, 0.2) is 12.4 Å². The zero-order chi connectivity index (χ0) is 33.6. The Hall–Kier alpha value is -4.46. The van der Waals surface area contributed by atoms with Crippen LogP contribution in [0.15, 0.2) is 42.6 Å². The van der Waals surface area contributed by atoms with Gasteiger partial charge in [-0.15, -0.1) is 13.2 Å². The van der Waals surface area contributed by atoms with E-state index in [1.54, 1.807) is 48.4 Å². The minimum atomic E-state index is -4.90. The van der Waals surface area contributed by atoms with Crippen molar-refractivity contribution < 1.29 is 46.5 Å². The minimum Gasteiger partial charge on any atom is -0.483 e. The number of methoxy groups -OCH3 is 1. The second-order valence-corrected chi connectivity index (χ2v) is 12.0.